The monoisotopic (exact) mass is 442 g/mol. The molecule has 5 heteroatoms. The lowest BCUT2D eigenvalue weighted by Gasteiger charge is -2.38. The predicted molar refractivity (Wildman–Crippen MR) is 129 cm³/mol. The van der Waals surface area contributed by atoms with Gasteiger partial charge in [0.1, 0.15) is 5.75 Å². The zero-order chi connectivity index (χ0) is 23.4. The van der Waals surface area contributed by atoms with Gasteiger partial charge in [0, 0.05) is 18.7 Å². The fourth-order valence-electron chi connectivity index (χ4n) is 4.41. The molecule has 4 rings (SSSR count). The van der Waals surface area contributed by atoms with Gasteiger partial charge in [0.05, 0.1) is 6.04 Å². The molecule has 2 atom stereocenters. The van der Waals surface area contributed by atoms with Crippen molar-refractivity contribution >= 4 is 11.8 Å². The summed E-state index contributed by atoms with van der Waals surface area (Å²) < 4.78 is 5.97. The number of carbonyl (C=O) groups is 2. The van der Waals surface area contributed by atoms with E-state index in [1.807, 2.05) is 60.4 Å². The van der Waals surface area contributed by atoms with Crippen LogP contribution in [0.5, 0.6) is 5.75 Å². The first kappa shape index (κ1) is 22.6. The van der Waals surface area contributed by atoms with Crippen molar-refractivity contribution in [3.63, 3.8) is 0 Å². The van der Waals surface area contributed by atoms with Crippen LogP contribution in [-0.4, -0.2) is 35.9 Å². The molecule has 0 saturated heterocycles. The summed E-state index contributed by atoms with van der Waals surface area (Å²) in [5, 5.41) is 2.79. The maximum absolute atomic E-state index is 13.5. The van der Waals surface area contributed by atoms with E-state index < -0.39 is 6.10 Å². The number of rotatable bonds is 6. The minimum Gasteiger partial charge on any atom is -0.481 e. The average Bonchev–Trinajstić information content (AvgIpc) is 2.83. The Morgan fingerprint density at radius 2 is 1.85 bits per heavy atom. The van der Waals surface area contributed by atoms with E-state index in [0.717, 1.165) is 23.1 Å². The van der Waals surface area contributed by atoms with Crippen LogP contribution in [0.3, 0.4) is 0 Å². The van der Waals surface area contributed by atoms with E-state index in [2.05, 4.69) is 36.5 Å². The first-order valence-corrected chi connectivity index (χ1v) is 11.5. The third kappa shape index (κ3) is 4.92. The number of fused-ring (bicyclic) bond motifs is 1. The molecule has 170 valence electrons. The van der Waals surface area contributed by atoms with Crippen LogP contribution in [0.1, 0.15) is 52.5 Å². The Hall–Kier alpha value is -3.60. The standard InChI is InChI=1S/C28H30N2O3/c1-4-29-27(31)20(3)33-24-14-13-21-15-16-30(28(32)22-10-6-5-7-11-22)26(25(21)18-24)23-12-8-9-19(2)17-23/h5-14,17-18,20,26H,4,15-16H2,1-3H3,(H,29,31)/t20-,26+/m1/s1. The van der Waals surface area contributed by atoms with E-state index in [-0.39, 0.29) is 17.9 Å². The molecule has 0 aromatic heterocycles. The minimum absolute atomic E-state index is 0.00905. The Kier molecular flexibility index (Phi) is 6.78. The zero-order valence-corrected chi connectivity index (χ0v) is 19.4. The highest BCUT2D eigenvalue weighted by atomic mass is 16.5. The molecule has 3 aromatic rings. The van der Waals surface area contributed by atoms with E-state index in [4.69, 9.17) is 4.74 Å². The lowest BCUT2D eigenvalue weighted by atomic mass is 9.87. The van der Waals surface area contributed by atoms with Gasteiger partial charge in [0.15, 0.2) is 6.10 Å². The highest BCUT2D eigenvalue weighted by Crippen LogP contribution is 2.38. The van der Waals surface area contributed by atoms with E-state index >= 15 is 0 Å². The summed E-state index contributed by atoms with van der Waals surface area (Å²) in [5.74, 6) is 0.486. The van der Waals surface area contributed by atoms with Crippen LogP contribution in [0.15, 0.2) is 72.8 Å². The van der Waals surface area contributed by atoms with Gasteiger partial charge >= 0.3 is 0 Å². The molecule has 0 bridgehead atoms. The molecule has 0 radical (unpaired) electrons. The highest BCUT2D eigenvalue weighted by molar-refractivity contribution is 5.95. The molecule has 1 aliphatic rings. The highest BCUT2D eigenvalue weighted by Gasteiger charge is 2.33. The first-order valence-electron chi connectivity index (χ1n) is 11.5. The number of ether oxygens (including phenoxy) is 1. The van der Waals surface area contributed by atoms with Crippen molar-refractivity contribution in [3.8, 4) is 5.75 Å². The Labute approximate surface area is 195 Å². The second-order valence-electron chi connectivity index (χ2n) is 8.45. The van der Waals surface area contributed by atoms with Crippen molar-refractivity contribution in [1.29, 1.82) is 0 Å². The Morgan fingerprint density at radius 3 is 2.58 bits per heavy atom. The van der Waals surface area contributed by atoms with Gasteiger partial charge in [-0.3, -0.25) is 9.59 Å². The molecule has 5 nitrogen and oxygen atoms in total. The number of hydrogen-bond donors (Lipinski definition) is 1. The number of amides is 2. The second-order valence-corrected chi connectivity index (χ2v) is 8.45. The average molecular weight is 443 g/mol. The summed E-state index contributed by atoms with van der Waals surface area (Å²) >= 11 is 0. The molecule has 0 spiro atoms. The molecule has 1 aliphatic heterocycles. The van der Waals surface area contributed by atoms with Gasteiger partial charge < -0.3 is 15.0 Å². The van der Waals surface area contributed by atoms with Crippen molar-refractivity contribution in [2.45, 2.75) is 39.3 Å². The molecule has 3 aromatic carbocycles. The van der Waals surface area contributed by atoms with Crippen molar-refractivity contribution < 1.29 is 14.3 Å². The molecule has 0 saturated carbocycles. The van der Waals surface area contributed by atoms with Crippen molar-refractivity contribution in [2.24, 2.45) is 0 Å². The minimum atomic E-state index is -0.605. The number of hydrogen-bond acceptors (Lipinski definition) is 3. The summed E-state index contributed by atoms with van der Waals surface area (Å²) in [6, 6.07) is 23.4. The van der Waals surface area contributed by atoms with Crippen LogP contribution >= 0.6 is 0 Å². The summed E-state index contributed by atoms with van der Waals surface area (Å²) in [6.07, 6.45) is 0.161. The molecular formula is C28H30N2O3. The van der Waals surface area contributed by atoms with Gasteiger partial charge in [-0.15, -0.1) is 0 Å². The summed E-state index contributed by atoms with van der Waals surface area (Å²) in [6.45, 7) is 6.88. The van der Waals surface area contributed by atoms with Gasteiger partial charge in [-0.05, 0) is 68.1 Å². The van der Waals surface area contributed by atoms with Crippen LogP contribution in [0.2, 0.25) is 0 Å². The number of aryl methyl sites for hydroxylation is 1. The van der Waals surface area contributed by atoms with Gasteiger partial charge in [0.25, 0.3) is 11.8 Å². The van der Waals surface area contributed by atoms with Crippen LogP contribution in [0, 0.1) is 6.92 Å². The maximum Gasteiger partial charge on any atom is 0.260 e. The molecule has 0 aliphatic carbocycles. The lowest BCUT2D eigenvalue weighted by molar-refractivity contribution is -0.127. The number of nitrogens with one attached hydrogen (secondary N) is 1. The fraction of sp³-hybridized carbons (Fsp3) is 0.286. The Balaban J connectivity index is 1.74. The van der Waals surface area contributed by atoms with Gasteiger partial charge in [0.2, 0.25) is 0 Å². The Morgan fingerprint density at radius 1 is 1.06 bits per heavy atom. The van der Waals surface area contributed by atoms with Crippen LogP contribution < -0.4 is 10.1 Å². The van der Waals surface area contributed by atoms with E-state index in [9.17, 15) is 9.59 Å². The normalized spacial score (nSPS) is 16.0. The van der Waals surface area contributed by atoms with Crippen molar-refractivity contribution in [1.82, 2.24) is 10.2 Å². The van der Waals surface area contributed by atoms with E-state index in [0.29, 0.717) is 24.4 Å². The lowest BCUT2D eigenvalue weighted by Crippen LogP contribution is -2.40. The molecule has 2 amide bonds. The first-order chi connectivity index (χ1) is 16.0. The summed E-state index contributed by atoms with van der Waals surface area (Å²) in [7, 11) is 0. The van der Waals surface area contributed by atoms with Crippen LogP contribution in [0.25, 0.3) is 0 Å². The van der Waals surface area contributed by atoms with Crippen LogP contribution in [0.4, 0.5) is 0 Å². The zero-order valence-electron chi connectivity index (χ0n) is 19.4. The fourth-order valence-corrected chi connectivity index (χ4v) is 4.41. The third-order valence-electron chi connectivity index (χ3n) is 6.02. The maximum atomic E-state index is 13.5. The molecule has 1 N–H and O–H groups in total. The topological polar surface area (TPSA) is 58.6 Å². The summed E-state index contributed by atoms with van der Waals surface area (Å²) in [5.41, 5.74) is 5.11. The van der Waals surface area contributed by atoms with Crippen LogP contribution in [-0.2, 0) is 11.2 Å². The van der Waals surface area contributed by atoms with Gasteiger partial charge in [-0.1, -0.05) is 54.1 Å². The smallest absolute Gasteiger partial charge is 0.260 e. The largest absolute Gasteiger partial charge is 0.481 e. The predicted octanol–water partition coefficient (Wildman–Crippen LogP) is 4.69. The molecule has 1 heterocycles. The second kappa shape index (κ2) is 9.90. The van der Waals surface area contributed by atoms with Crippen molar-refractivity contribution in [3.05, 3.63) is 101 Å². The molecular weight excluding hydrogens is 412 g/mol. The molecule has 33 heavy (non-hydrogen) atoms. The third-order valence-corrected chi connectivity index (χ3v) is 6.02. The number of nitrogens with zero attached hydrogens (tertiary/aromatic N) is 1. The quantitative estimate of drug-likeness (QED) is 0.603. The van der Waals surface area contributed by atoms with Crippen molar-refractivity contribution in [2.75, 3.05) is 13.1 Å². The Bertz CT molecular complexity index is 1140. The SMILES string of the molecule is CCNC(=O)[C@@H](C)Oc1ccc2c(c1)[C@H](c1cccc(C)c1)N(C(=O)c1ccccc1)CC2. The molecule has 0 unspecified atom stereocenters. The number of likely N-dealkylation sites (N-methyl/N-ethyl adjacent to an activating group) is 1. The molecule has 0 fully saturated rings. The van der Waals surface area contributed by atoms with E-state index in [1.165, 1.54) is 5.56 Å². The van der Waals surface area contributed by atoms with Gasteiger partial charge in [-0.2, -0.15) is 0 Å². The number of carbonyl (C=O) groups excluding carboxylic acids is 2. The number of benzene rings is 3. The summed E-state index contributed by atoms with van der Waals surface area (Å²) in [4.78, 5) is 27.7. The van der Waals surface area contributed by atoms with E-state index in [1.54, 1.807) is 6.92 Å². The van der Waals surface area contributed by atoms with Gasteiger partial charge in [-0.25, -0.2) is 0 Å².